The smallest absolute Gasteiger partial charge is 0.225 e. The summed E-state index contributed by atoms with van der Waals surface area (Å²) in [7, 11) is 1.53. The molecule has 1 aliphatic rings. The van der Waals surface area contributed by atoms with E-state index in [1.165, 1.54) is 13.2 Å². The highest BCUT2D eigenvalue weighted by atomic mass is 19.1. The zero-order chi connectivity index (χ0) is 18.7. The second-order valence-corrected chi connectivity index (χ2v) is 6.50. The van der Waals surface area contributed by atoms with E-state index < -0.39 is 11.6 Å². The fourth-order valence-electron chi connectivity index (χ4n) is 3.16. The van der Waals surface area contributed by atoms with E-state index in [2.05, 4.69) is 10.3 Å². The van der Waals surface area contributed by atoms with Gasteiger partial charge in [0.1, 0.15) is 17.4 Å². The van der Waals surface area contributed by atoms with Gasteiger partial charge in [0.15, 0.2) is 0 Å². The van der Waals surface area contributed by atoms with Crippen molar-refractivity contribution in [3.63, 3.8) is 0 Å². The molecule has 1 aromatic carbocycles. The molecule has 3 rings (SSSR count). The minimum atomic E-state index is -0.751. The van der Waals surface area contributed by atoms with Gasteiger partial charge in [-0.1, -0.05) is 6.07 Å². The first-order valence-corrected chi connectivity index (χ1v) is 8.36. The Morgan fingerprint density at radius 2 is 2.12 bits per heavy atom. The number of nitrogens with one attached hydrogen (secondary N) is 1. The van der Waals surface area contributed by atoms with Gasteiger partial charge in [0.05, 0.1) is 31.9 Å². The Hall–Kier alpha value is -2.54. The summed E-state index contributed by atoms with van der Waals surface area (Å²) in [5.41, 5.74) is 0.884. The van der Waals surface area contributed by atoms with Gasteiger partial charge in [-0.05, 0) is 42.0 Å². The van der Waals surface area contributed by atoms with Crippen molar-refractivity contribution in [1.29, 1.82) is 0 Å². The third-order valence-electron chi connectivity index (χ3n) is 4.63. The van der Waals surface area contributed by atoms with Gasteiger partial charge >= 0.3 is 0 Å². The maximum atomic E-state index is 13.8. The number of rotatable bonds is 6. The molecule has 1 aliphatic carbocycles. The number of methoxy groups -OCH3 is 1. The molecule has 0 saturated heterocycles. The average Bonchev–Trinajstić information content (AvgIpc) is 2.60. The monoisotopic (exact) mass is 362 g/mol. The largest absolute Gasteiger partial charge is 0.495 e. The normalized spacial score (nSPS) is 20.2. The molecule has 0 aliphatic heterocycles. The molecule has 5 nitrogen and oxygen atoms in total. The van der Waals surface area contributed by atoms with E-state index in [1.54, 1.807) is 18.5 Å². The molecule has 1 amide bonds. The number of amides is 1. The molecule has 1 saturated carbocycles. The third-order valence-corrected chi connectivity index (χ3v) is 4.63. The van der Waals surface area contributed by atoms with Crippen molar-refractivity contribution in [3.8, 4) is 5.75 Å². The second-order valence-electron chi connectivity index (χ2n) is 6.50. The summed E-state index contributed by atoms with van der Waals surface area (Å²) < 4.78 is 32.0. The summed E-state index contributed by atoms with van der Waals surface area (Å²) in [6.07, 6.45) is 3.74. The summed E-state index contributed by atoms with van der Waals surface area (Å²) in [6.45, 7) is 0. The molecule has 1 fully saturated rings. The Labute approximate surface area is 150 Å². The van der Waals surface area contributed by atoms with E-state index in [1.807, 2.05) is 0 Å². The zero-order valence-electron chi connectivity index (χ0n) is 14.3. The van der Waals surface area contributed by atoms with Crippen molar-refractivity contribution >= 4 is 5.91 Å². The van der Waals surface area contributed by atoms with Gasteiger partial charge in [0.25, 0.3) is 0 Å². The molecule has 0 unspecified atom stereocenters. The van der Waals surface area contributed by atoms with Gasteiger partial charge in [-0.2, -0.15) is 0 Å². The maximum Gasteiger partial charge on any atom is 0.225 e. The average molecular weight is 362 g/mol. The van der Waals surface area contributed by atoms with E-state index in [9.17, 15) is 18.7 Å². The van der Waals surface area contributed by atoms with Crippen LogP contribution in [0.1, 0.15) is 30.0 Å². The van der Waals surface area contributed by atoms with Crippen LogP contribution in [-0.4, -0.2) is 29.2 Å². The molecule has 2 N–H and O–H groups in total. The van der Waals surface area contributed by atoms with Crippen molar-refractivity contribution in [2.45, 2.75) is 31.4 Å². The molecule has 7 heteroatoms. The van der Waals surface area contributed by atoms with Crippen LogP contribution in [0.15, 0.2) is 36.7 Å². The maximum absolute atomic E-state index is 13.8. The van der Waals surface area contributed by atoms with Crippen molar-refractivity contribution in [3.05, 3.63) is 59.4 Å². The lowest BCUT2D eigenvalue weighted by Crippen LogP contribution is -2.42. The van der Waals surface area contributed by atoms with E-state index in [0.29, 0.717) is 18.6 Å². The topological polar surface area (TPSA) is 71.5 Å². The van der Waals surface area contributed by atoms with Crippen molar-refractivity contribution < 1.29 is 23.4 Å². The summed E-state index contributed by atoms with van der Waals surface area (Å²) >= 11 is 0. The van der Waals surface area contributed by atoms with Crippen LogP contribution in [0.5, 0.6) is 5.75 Å². The minimum absolute atomic E-state index is 0.0564. The molecule has 2 aromatic rings. The summed E-state index contributed by atoms with van der Waals surface area (Å²) in [4.78, 5) is 16.5. The van der Waals surface area contributed by atoms with Crippen LogP contribution < -0.4 is 10.1 Å². The van der Waals surface area contributed by atoms with Crippen LogP contribution in [0, 0.1) is 17.6 Å². The molecule has 0 spiro atoms. The lowest BCUT2D eigenvalue weighted by molar-refractivity contribution is -0.122. The van der Waals surface area contributed by atoms with E-state index in [0.717, 1.165) is 17.7 Å². The molecule has 0 radical (unpaired) electrons. The number of ether oxygens (including phenoxy) is 1. The Balaban J connectivity index is 1.75. The van der Waals surface area contributed by atoms with Crippen molar-refractivity contribution in [2.24, 2.45) is 5.92 Å². The lowest BCUT2D eigenvalue weighted by Gasteiger charge is -2.38. The number of nitrogens with zero attached hydrogens (tertiary/aromatic N) is 1. The highest BCUT2D eigenvalue weighted by Gasteiger charge is 2.36. The Kier molecular flexibility index (Phi) is 5.46. The number of halogens is 2. The standard InChI is InChI=1S/C19H20F2N2O3/c1-26-16-6-13(9-22-10-16)19(12-4-15(24)5-12)23-18(25)7-11-2-3-14(20)8-17(11)21/h2-3,6,8-10,12,15,19,24H,4-5,7H2,1H3,(H,23,25)/t12?,15?,19-/m0/s1. The molecular formula is C19H20F2N2O3. The van der Waals surface area contributed by atoms with Crippen molar-refractivity contribution in [1.82, 2.24) is 10.3 Å². The van der Waals surface area contributed by atoms with E-state index in [4.69, 9.17) is 4.74 Å². The number of aliphatic hydroxyl groups excluding tert-OH is 1. The number of benzene rings is 1. The number of pyridine rings is 1. The lowest BCUT2D eigenvalue weighted by atomic mass is 9.75. The molecular weight excluding hydrogens is 342 g/mol. The quantitative estimate of drug-likeness (QED) is 0.828. The van der Waals surface area contributed by atoms with E-state index >= 15 is 0 Å². The van der Waals surface area contributed by atoms with Crippen LogP contribution in [-0.2, 0) is 11.2 Å². The van der Waals surface area contributed by atoms with Crippen LogP contribution in [0.25, 0.3) is 0 Å². The van der Waals surface area contributed by atoms with Gasteiger partial charge in [-0.25, -0.2) is 8.78 Å². The second kappa shape index (κ2) is 7.78. The van der Waals surface area contributed by atoms with Gasteiger partial charge in [0.2, 0.25) is 5.91 Å². The van der Waals surface area contributed by atoms with Crippen molar-refractivity contribution in [2.75, 3.05) is 7.11 Å². The Bertz CT molecular complexity index is 794. The zero-order valence-corrected chi connectivity index (χ0v) is 14.3. The molecule has 0 bridgehead atoms. The molecule has 138 valence electrons. The highest BCUT2D eigenvalue weighted by Crippen LogP contribution is 2.38. The van der Waals surface area contributed by atoms with Gasteiger partial charge < -0.3 is 15.2 Å². The number of hydrogen-bond donors (Lipinski definition) is 2. The molecule has 1 heterocycles. The predicted octanol–water partition coefficient (Wildman–Crippen LogP) is 2.54. The molecule has 1 aromatic heterocycles. The number of carbonyl (C=O) groups excluding carboxylic acids is 1. The third kappa shape index (κ3) is 4.16. The first-order valence-electron chi connectivity index (χ1n) is 8.36. The number of carbonyl (C=O) groups is 1. The number of aromatic nitrogens is 1. The van der Waals surface area contributed by atoms with Crippen LogP contribution in [0.3, 0.4) is 0 Å². The fourth-order valence-corrected chi connectivity index (χ4v) is 3.16. The number of hydrogen-bond acceptors (Lipinski definition) is 4. The highest BCUT2D eigenvalue weighted by molar-refractivity contribution is 5.79. The Morgan fingerprint density at radius 3 is 2.77 bits per heavy atom. The van der Waals surface area contributed by atoms with Crippen LogP contribution >= 0.6 is 0 Å². The van der Waals surface area contributed by atoms with Gasteiger partial charge in [-0.3, -0.25) is 9.78 Å². The van der Waals surface area contributed by atoms with Crippen LogP contribution in [0.2, 0.25) is 0 Å². The van der Waals surface area contributed by atoms with Gasteiger partial charge in [0, 0.05) is 12.3 Å². The minimum Gasteiger partial charge on any atom is -0.495 e. The van der Waals surface area contributed by atoms with Crippen LogP contribution in [0.4, 0.5) is 8.78 Å². The fraction of sp³-hybridized carbons (Fsp3) is 0.368. The predicted molar refractivity (Wildman–Crippen MR) is 90.5 cm³/mol. The first kappa shape index (κ1) is 18.3. The Morgan fingerprint density at radius 1 is 1.35 bits per heavy atom. The molecule has 26 heavy (non-hydrogen) atoms. The molecule has 1 atom stereocenters. The number of aliphatic hydroxyl groups is 1. The van der Waals surface area contributed by atoms with E-state index in [-0.39, 0.29) is 36.0 Å². The SMILES string of the molecule is COc1cncc([C@@H](NC(=O)Cc2ccc(F)cc2F)C2CC(O)C2)c1. The van der Waals surface area contributed by atoms with Gasteiger partial charge in [-0.15, -0.1) is 0 Å². The summed E-state index contributed by atoms with van der Waals surface area (Å²) in [6, 6.07) is 4.56. The summed E-state index contributed by atoms with van der Waals surface area (Å²) in [5, 5.41) is 12.5. The first-order chi connectivity index (χ1) is 12.5. The summed E-state index contributed by atoms with van der Waals surface area (Å²) in [5.74, 6) is -1.20.